The first-order valence-corrected chi connectivity index (χ1v) is 10.4. The zero-order valence-corrected chi connectivity index (χ0v) is 17.4. The maximum atomic E-state index is 12.5. The summed E-state index contributed by atoms with van der Waals surface area (Å²) in [7, 11) is 0. The molecule has 4 rings (SSSR count). The fourth-order valence-corrected chi connectivity index (χ4v) is 3.97. The van der Waals surface area contributed by atoms with Gasteiger partial charge in [-0.3, -0.25) is 9.89 Å². The summed E-state index contributed by atoms with van der Waals surface area (Å²) in [6, 6.07) is 8.68. The fraction of sp³-hybridized carbons (Fsp3) is 0.435. The van der Waals surface area contributed by atoms with E-state index in [2.05, 4.69) is 65.6 Å². The summed E-state index contributed by atoms with van der Waals surface area (Å²) in [5.41, 5.74) is 5.92. The van der Waals surface area contributed by atoms with Gasteiger partial charge >= 0.3 is 0 Å². The van der Waals surface area contributed by atoms with Gasteiger partial charge in [-0.25, -0.2) is 4.68 Å². The van der Waals surface area contributed by atoms with Crippen LogP contribution < -0.4 is 5.32 Å². The summed E-state index contributed by atoms with van der Waals surface area (Å²) in [5, 5.41) is 14.6. The Morgan fingerprint density at radius 3 is 2.72 bits per heavy atom. The van der Waals surface area contributed by atoms with E-state index in [0.29, 0.717) is 12.8 Å². The molecular formula is C23H29N5O. The van der Waals surface area contributed by atoms with Crippen molar-refractivity contribution in [2.24, 2.45) is 0 Å². The van der Waals surface area contributed by atoms with Crippen molar-refractivity contribution in [1.29, 1.82) is 0 Å². The first-order chi connectivity index (χ1) is 13.9. The van der Waals surface area contributed by atoms with Gasteiger partial charge < -0.3 is 5.32 Å². The Bertz CT molecular complexity index is 964. The zero-order valence-electron chi connectivity index (χ0n) is 17.4. The molecule has 0 spiro atoms. The molecule has 0 fully saturated rings. The molecule has 3 aromatic rings. The number of amides is 1. The normalized spacial score (nSPS) is 16.4. The van der Waals surface area contributed by atoms with E-state index in [1.165, 1.54) is 11.3 Å². The van der Waals surface area contributed by atoms with Gasteiger partial charge in [0.1, 0.15) is 0 Å². The molecule has 1 aliphatic rings. The number of fused-ring (bicyclic) bond motifs is 1. The van der Waals surface area contributed by atoms with Crippen molar-refractivity contribution in [2.75, 3.05) is 0 Å². The van der Waals surface area contributed by atoms with Crippen LogP contribution in [-0.4, -0.2) is 25.9 Å². The monoisotopic (exact) mass is 391 g/mol. The van der Waals surface area contributed by atoms with Gasteiger partial charge in [0.2, 0.25) is 5.91 Å². The predicted octanol–water partition coefficient (Wildman–Crippen LogP) is 4.02. The molecule has 2 aromatic heterocycles. The van der Waals surface area contributed by atoms with Crippen molar-refractivity contribution in [1.82, 2.24) is 25.3 Å². The lowest BCUT2D eigenvalue weighted by Crippen LogP contribution is -2.31. The second-order valence-corrected chi connectivity index (χ2v) is 8.87. The van der Waals surface area contributed by atoms with Gasteiger partial charge in [0.15, 0.2) is 0 Å². The molecule has 1 aliphatic carbocycles. The minimum absolute atomic E-state index is 0.0400. The van der Waals surface area contributed by atoms with E-state index in [-0.39, 0.29) is 17.4 Å². The Morgan fingerprint density at radius 1 is 1.24 bits per heavy atom. The largest absolute Gasteiger partial charge is 0.349 e. The van der Waals surface area contributed by atoms with Crippen molar-refractivity contribution in [3.05, 3.63) is 65.2 Å². The number of hydrogen-bond acceptors (Lipinski definition) is 3. The van der Waals surface area contributed by atoms with Gasteiger partial charge in [0.25, 0.3) is 0 Å². The lowest BCUT2D eigenvalue weighted by molar-refractivity contribution is -0.121. The predicted molar refractivity (Wildman–Crippen MR) is 113 cm³/mol. The van der Waals surface area contributed by atoms with Crippen molar-refractivity contribution in [2.45, 2.75) is 64.3 Å². The van der Waals surface area contributed by atoms with Crippen LogP contribution in [0.3, 0.4) is 0 Å². The highest BCUT2D eigenvalue weighted by Crippen LogP contribution is 2.32. The summed E-state index contributed by atoms with van der Waals surface area (Å²) >= 11 is 0. The van der Waals surface area contributed by atoms with Gasteiger partial charge in [-0.1, -0.05) is 32.9 Å². The average Bonchev–Trinajstić information content (AvgIpc) is 3.36. The Morgan fingerprint density at radius 2 is 2.03 bits per heavy atom. The molecule has 2 heterocycles. The molecule has 0 aliphatic heterocycles. The van der Waals surface area contributed by atoms with Crippen LogP contribution in [-0.2, 0) is 23.1 Å². The number of H-pyrrole nitrogens is 1. The quantitative estimate of drug-likeness (QED) is 0.690. The highest BCUT2D eigenvalue weighted by Gasteiger charge is 2.26. The average molecular weight is 392 g/mol. The van der Waals surface area contributed by atoms with Crippen LogP contribution in [0.25, 0.3) is 5.69 Å². The molecule has 29 heavy (non-hydrogen) atoms. The molecule has 1 atom stereocenters. The molecule has 1 amide bonds. The van der Waals surface area contributed by atoms with Crippen molar-refractivity contribution < 1.29 is 4.79 Å². The number of benzene rings is 1. The van der Waals surface area contributed by atoms with E-state index in [9.17, 15) is 4.79 Å². The molecular weight excluding hydrogens is 362 g/mol. The van der Waals surface area contributed by atoms with Crippen LogP contribution in [0.4, 0.5) is 0 Å². The molecule has 0 saturated carbocycles. The molecule has 6 nitrogen and oxygen atoms in total. The minimum Gasteiger partial charge on any atom is -0.349 e. The Kier molecular flexibility index (Phi) is 5.26. The molecule has 0 radical (unpaired) electrons. The van der Waals surface area contributed by atoms with Gasteiger partial charge in [-0.15, -0.1) is 0 Å². The Balaban J connectivity index is 1.48. The van der Waals surface area contributed by atoms with Crippen molar-refractivity contribution >= 4 is 5.91 Å². The highest BCUT2D eigenvalue weighted by molar-refractivity contribution is 5.76. The van der Waals surface area contributed by atoms with Gasteiger partial charge in [-0.2, -0.15) is 10.2 Å². The third-order valence-corrected chi connectivity index (χ3v) is 5.69. The van der Waals surface area contributed by atoms with E-state index in [1.54, 1.807) is 6.20 Å². The van der Waals surface area contributed by atoms with Gasteiger partial charge in [-0.05, 0) is 54.4 Å². The number of rotatable bonds is 5. The maximum absolute atomic E-state index is 12.5. The second-order valence-electron chi connectivity index (χ2n) is 8.87. The summed E-state index contributed by atoms with van der Waals surface area (Å²) < 4.78 is 2.03. The maximum Gasteiger partial charge on any atom is 0.220 e. The number of carbonyl (C=O) groups is 1. The number of carbonyl (C=O) groups excluding carboxylic acids is 1. The van der Waals surface area contributed by atoms with Crippen LogP contribution in [0.1, 0.15) is 68.5 Å². The third kappa shape index (κ3) is 4.26. The summed E-state index contributed by atoms with van der Waals surface area (Å²) in [6.45, 7) is 6.66. The van der Waals surface area contributed by atoms with Crippen LogP contribution >= 0.6 is 0 Å². The SMILES string of the molecule is CC(C)(C)c1ccc(-n2ncc3c2CCC[C@H]3NC(=O)CCc2cn[nH]c2)cc1. The van der Waals surface area contributed by atoms with Crippen molar-refractivity contribution in [3.63, 3.8) is 0 Å². The van der Waals surface area contributed by atoms with E-state index in [1.807, 2.05) is 17.1 Å². The number of aryl methyl sites for hydroxylation is 1. The molecule has 1 aromatic carbocycles. The summed E-state index contributed by atoms with van der Waals surface area (Å²) in [5.74, 6) is 0.0753. The number of hydrogen-bond donors (Lipinski definition) is 2. The molecule has 0 bridgehead atoms. The number of aromatic amines is 1. The van der Waals surface area contributed by atoms with E-state index in [4.69, 9.17) is 0 Å². The fourth-order valence-electron chi connectivity index (χ4n) is 3.97. The van der Waals surface area contributed by atoms with E-state index < -0.39 is 0 Å². The molecule has 2 N–H and O–H groups in total. The summed E-state index contributed by atoms with van der Waals surface area (Å²) in [4.78, 5) is 12.5. The smallest absolute Gasteiger partial charge is 0.220 e. The number of aromatic nitrogens is 4. The zero-order chi connectivity index (χ0) is 20.4. The Hall–Kier alpha value is -2.89. The van der Waals surface area contributed by atoms with Gasteiger partial charge in [0.05, 0.1) is 24.1 Å². The van der Waals surface area contributed by atoms with E-state index in [0.717, 1.165) is 36.1 Å². The van der Waals surface area contributed by atoms with Crippen LogP contribution in [0.15, 0.2) is 42.9 Å². The molecule has 6 heteroatoms. The number of nitrogens with one attached hydrogen (secondary N) is 2. The third-order valence-electron chi connectivity index (χ3n) is 5.69. The van der Waals surface area contributed by atoms with Crippen LogP contribution in [0.5, 0.6) is 0 Å². The highest BCUT2D eigenvalue weighted by atomic mass is 16.1. The van der Waals surface area contributed by atoms with Crippen molar-refractivity contribution in [3.8, 4) is 5.69 Å². The first kappa shape index (κ1) is 19.4. The van der Waals surface area contributed by atoms with Crippen LogP contribution in [0.2, 0.25) is 0 Å². The lowest BCUT2D eigenvalue weighted by atomic mass is 9.87. The standard InChI is InChI=1S/C23H29N5O/c1-23(2,3)17-8-10-18(11-9-17)28-21-6-4-5-20(19(21)15-26-28)27-22(29)12-7-16-13-24-25-14-16/h8-11,13-15,20H,4-7,12H2,1-3H3,(H,24,25)(H,27,29)/t20-/m1/s1. The molecule has 152 valence electrons. The van der Waals surface area contributed by atoms with Crippen LogP contribution in [0, 0.1) is 0 Å². The first-order valence-electron chi connectivity index (χ1n) is 10.4. The summed E-state index contributed by atoms with van der Waals surface area (Å²) in [6.07, 6.45) is 9.67. The number of nitrogens with zero attached hydrogens (tertiary/aromatic N) is 3. The molecule has 0 unspecified atom stereocenters. The van der Waals surface area contributed by atoms with E-state index >= 15 is 0 Å². The van der Waals surface area contributed by atoms with Gasteiger partial charge in [0, 0.05) is 23.9 Å². The molecule has 0 saturated heterocycles. The Labute approximate surface area is 171 Å². The lowest BCUT2D eigenvalue weighted by Gasteiger charge is -2.24. The minimum atomic E-state index is 0.0400. The topological polar surface area (TPSA) is 75.6 Å². The second kappa shape index (κ2) is 7.85.